The lowest BCUT2D eigenvalue weighted by atomic mass is 10.00. The monoisotopic (exact) mass is 491 g/mol. The smallest absolute Gasteiger partial charge is 0.416 e. The fourth-order valence-electron chi connectivity index (χ4n) is 4.14. The Labute approximate surface area is 198 Å². The molecule has 3 heterocycles. The Hall–Kier alpha value is -3.54. The number of benzene rings is 1. The molecular weight excluding hydrogens is 467 g/mol. The van der Waals surface area contributed by atoms with Crippen LogP contribution in [0.25, 0.3) is 10.9 Å². The lowest BCUT2D eigenvalue weighted by Crippen LogP contribution is -2.48. The van der Waals surface area contributed by atoms with Crippen LogP contribution in [0.1, 0.15) is 54.2 Å². The van der Waals surface area contributed by atoms with Crippen molar-refractivity contribution in [2.45, 2.75) is 52.2 Å². The highest BCUT2D eigenvalue weighted by atomic mass is 19.4. The molecule has 1 aliphatic rings. The molecule has 0 spiro atoms. The number of amides is 1. The highest BCUT2D eigenvalue weighted by Gasteiger charge is 2.36. The number of rotatable bonds is 4. The van der Waals surface area contributed by atoms with Gasteiger partial charge in [0.2, 0.25) is 0 Å². The summed E-state index contributed by atoms with van der Waals surface area (Å²) in [7, 11) is 0. The number of alkyl halides is 3. The van der Waals surface area contributed by atoms with Gasteiger partial charge in [0.1, 0.15) is 11.9 Å². The van der Waals surface area contributed by atoms with Crippen LogP contribution in [0.3, 0.4) is 0 Å². The van der Waals surface area contributed by atoms with Crippen LogP contribution >= 0.6 is 0 Å². The fourth-order valence-corrected chi connectivity index (χ4v) is 4.14. The molecule has 186 valence electrons. The Morgan fingerprint density at radius 2 is 1.83 bits per heavy atom. The summed E-state index contributed by atoms with van der Waals surface area (Å²) in [6.45, 7) is 7.48. The van der Waals surface area contributed by atoms with Crippen molar-refractivity contribution in [1.82, 2.24) is 24.8 Å². The van der Waals surface area contributed by atoms with Crippen LogP contribution < -0.4 is 10.3 Å². The predicted octanol–water partition coefficient (Wildman–Crippen LogP) is 3.43. The van der Waals surface area contributed by atoms with Gasteiger partial charge in [0.25, 0.3) is 11.5 Å². The Kier molecular flexibility index (Phi) is 6.50. The molecule has 0 unspecified atom stereocenters. The second-order valence-electron chi connectivity index (χ2n) is 8.59. The average molecular weight is 491 g/mol. The molecule has 1 amide bonds. The number of carbonyl (C=O) groups is 1. The fraction of sp³-hybridized carbons (Fsp3) is 0.435. The Morgan fingerprint density at radius 1 is 1.20 bits per heavy atom. The molecule has 0 aliphatic carbocycles. The van der Waals surface area contributed by atoms with Crippen LogP contribution in [0.2, 0.25) is 0 Å². The first-order chi connectivity index (χ1) is 16.4. The third-order valence-electron chi connectivity index (χ3n) is 5.60. The topological polar surface area (TPSA) is 110 Å². The number of H-pyrrole nitrogens is 1. The van der Waals surface area contributed by atoms with E-state index in [-0.39, 0.29) is 52.0 Å². The summed E-state index contributed by atoms with van der Waals surface area (Å²) in [5, 5.41) is 0.00452. The van der Waals surface area contributed by atoms with Crippen LogP contribution in [0, 0.1) is 6.92 Å². The van der Waals surface area contributed by atoms with E-state index in [2.05, 4.69) is 19.9 Å². The van der Waals surface area contributed by atoms with E-state index in [4.69, 9.17) is 9.47 Å². The van der Waals surface area contributed by atoms with Gasteiger partial charge in [-0.25, -0.2) is 15.0 Å². The molecule has 1 aliphatic heterocycles. The second kappa shape index (κ2) is 9.25. The van der Waals surface area contributed by atoms with Crippen molar-refractivity contribution in [2.75, 3.05) is 13.1 Å². The van der Waals surface area contributed by atoms with E-state index < -0.39 is 23.4 Å². The number of hydrogen-bond donors (Lipinski definition) is 1. The number of fused-ring (bicyclic) bond motifs is 1. The third-order valence-corrected chi connectivity index (χ3v) is 5.60. The van der Waals surface area contributed by atoms with Crippen molar-refractivity contribution in [1.29, 1.82) is 0 Å². The Bertz CT molecular complexity index is 1300. The second-order valence-corrected chi connectivity index (χ2v) is 8.59. The van der Waals surface area contributed by atoms with E-state index in [0.29, 0.717) is 13.1 Å². The van der Waals surface area contributed by atoms with Crippen molar-refractivity contribution in [2.24, 2.45) is 0 Å². The summed E-state index contributed by atoms with van der Waals surface area (Å²) in [6.07, 6.45) is -3.54. The zero-order valence-corrected chi connectivity index (χ0v) is 19.5. The van der Waals surface area contributed by atoms with Crippen molar-refractivity contribution >= 4 is 16.8 Å². The maximum atomic E-state index is 13.8. The highest BCUT2D eigenvalue weighted by Crippen LogP contribution is 2.37. The maximum Gasteiger partial charge on any atom is 0.416 e. The molecule has 3 aromatic rings. The minimum absolute atomic E-state index is 0.00452. The predicted molar refractivity (Wildman–Crippen MR) is 119 cm³/mol. The third kappa shape index (κ3) is 5.26. The molecule has 1 aromatic carbocycles. The molecule has 0 bridgehead atoms. The van der Waals surface area contributed by atoms with E-state index in [1.807, 2.05) is 13.8 Å². The zero-order valence-electron chi connectivity index (χ0n) is 19.5. The quantitative estimate of drug-likeness (QED) is 0.595. The first-order valence-electron chi connectivity index (χ1n) is 11.0. The molecule has 0 radical (unpaired) electrons. The van der Waals surface area contributed by atoms with Crippen LogP contribution in [-0.2, 0) is 10.9 Å². The van der Waals surface area contributed by atoms with Gasteiger partial charge in [-0.2, -0.15) is 13.2 Å². The summed E-state index contributed by atoms with van der Waals surface area (Å²) in [5.74, 6) is -0.0702. The van der Waals surface area contributed by atoms with Crippen LogP contribution in [0.15, 0.2) is 29.3 Å². The van der Waals surface area contributed by atoms with Crippen LogP contribution in [0.5, 0.6) is 6.01 Å². The highest BCUT2D eigenvalue weighted by molar-refractivity contribution is 5.93. The first kappa shape index (κ1) is 24.6. The number of aryl methyl sites for hydroxylation is 1. The number of carbonyl (C=O) groups excluding carboxylic acids is 1. The summed E-state index contributed by atoms with van der Waals surface area (Å²) in [6, 6.07) is 1.74. The number of hydrogen-bond acceptors (Lipinski definition) is 7. The van der Waals surface area contributed by atoms with Gasteiger partial charge in [0.15, 0.2) is 0 Å². The minimum Gasteiger partial charge on any atom is -0.456 e. The van der Waals surface area contributed by atoms with Crippen molar-refractivity contribution in [3.05, 3.63) is 57.4 Å². The van der Waals surface area contributed by atoms with Gasteiger partial charge >= 0.3 is 12.2 Å². The molecule has 0 saturated carbocycles. The molecule has 1 saturated heterocycles. The number of nitrogens with zero attached hydrogens (tertiary/aromatic N) is 4. The van der Waals surface area contributed by atoms with Gasteiger partial charge in [-0.15, -0.1) is 0 Å². The van der Waals surface area contributed by atoms with E-state index in [0.717, 1.165) is 12.1 Å². The number of aromatic amines is 1. The zero-order chi connectivity index (χ0) is 25.5. The number of aromatic nitrogens is 4. The molecule has 3 atom stereocenters. The lowest BCUT2D eigenvalue weighted by Gasteiger charge is -2.35. The molecular formula is C23H24F3N5O4. The van der Waals surface area contributed by atoms with Crippen LogP contribution in [-0.4, -0.2) is 56.0 Å². The van der Waals surface area contributed by atoms with Crippen LogP contribution in [0.4, 0.5) is 13.2 Å². The van der Waals surface area contributed by atoms with Gasteiger partial charge < -0.3 is 19.4 Å². The molecule has 2 aromatic heterocycles. The number of nitrogens with one attached hydrogen (secondary N) is 1. The van der Waals surface area contributed by atoms with Crippen molar-refractivity contribution in [3.63, 3.8) is 0 Å². The molecule has 12 heteroatoms. The maximum absolute atomic E-state index is 13.8. The Balaban J connectivity index is 1.59. The summed E-state index contributed by atoms with van der Waals surface area (Å²) < 4.78 is 52.6. The summed E-state index contributed by atoms with van der Waals surface area (Å²) >= 11 is 0. The average Bonchev–Trinajstić information content (AvgIpc) is 2.77. The van der Waals surface area contributed by atoms with E-state index >= 15 is 0 Å². The number of ether oxygens (including phenoxy) is 2. The molecule has 1 fully saturated rings. The van der Waals surface area contributed by atoms with Gasteiger partial charge in [-0.3, -0.25) is 9.59 Å². The molecule has 35 heavy (non-hydrogen) atoms. The number of morpholine rings is 1. The standard InChI is InChI=1S/C23H24F3N5O4/c1-11-9-31(10-12(2)34-11)21(33)15-7-27-22(28-8-15)35-13(3)16-5-17-19(6-18(16)23(24,25)26)29-14(4)30-20(17)32/h5-8,11-13H,9-10H2,1-4H3,(H,29,30,32)/t11-,12+,13-/m0/s1. The van der Waals surface area contributed by atoms with Gasteiger partial charge in [0.05, 0.1) is 34.2 Å². The van der Waals surface area contributed by atoms with Gasteiger partial charge in [0, 0.05) is 31.0 Å². The van der Waals surface area contributed by atoms with Gasteiger partial charge in [-0.05, 0) is 39.8 Å². The Morgan fingerprint density at radius 3 is 2.43 bits per heavy atom. The SMILES string of the molecule is Cc1nc2cc(C(F)(F)F)c([C@H](C)Oc3ncc(C(=O)N4C[C@@H](C)O[C@@H](C)C4)cn3)cc2c(=O)[nH]1. The van der Waals surface area contributed by atoms with Crippen molar-refractivity contribution < 1.29 is 27.4 Å². The molecule has 9 nitrogen and oxygen atoms in total. The van der Waals surface area contributed by atoms with E-state index in [1.54, 1.807) is 4.90 Å². The van der Waals surface area contributed by atoms with Crippen molar-refractivity contribution in [3.8, 4) is 6.01 Å². The molecule has 1 N–H and O–H groups in total. The normalized spacial score (nSPS) is 19.6. The largest absolute Gasteiger partial charge is 0.456 e. The summed E-state index contributed by atoms with van der Waals surface area (Å²) in [5.41, 5.74) is -1.64. The summed E-state index contributed by atoms with van der Waals surface area (Å²) in [4.78, 5) is 41.2. The molecule has 4 rings (SSSR count). The van der Waals surface area contributed by atoms with E-state index in [1.165, 1.54) is 26.2 Å². The number of halogens is 3. The van der Waals surface area contributed by atoms with E-state index in [9.17, 15) is 22.8 Å². The van der Waals surface area contributed by atoms with Gasteiger partial charge in [-0.1, -0.05) is 0 Å². The first-order valence-corrected chi connectivity index (χ1v) is 11.0. The minimum atomic E-state index is -4.71. The lowest BCUT2D eigenvalue weighted by molar-refractivity contribution is -0.138.